The lowest BCUT2D eigenvalue weighted by Gasteiger charge is -2.25. The summed E-state index contributed by atoms with van der Waals surface area (Å²) in [6.07, 6.45) is 1.03. The van der Waals surface area contributed by atoms with Crippen molar-refractivity contribution in [1.82, 2.24) is 0 Å². The zero-order valence-corrected chi connectivity index (χ0v) is 10.4. The second-order valence-corrected chi connectivity index (χ2v) is 4.57. The first-order valence-corrected chi connectivity index (χ1v) is 5.73. The molecule has 1 aliphatic heterocycles. The van der Waals surface area contributed by atoms with Crippen LogP contribution in [0.15, 0.2) is 16.6 Å². The third-order valence-corrected chi connectivity index (χ3v) is 3.49. The molecule has 1 aliphatic rings. The van der Waals surface area contributed by atoms with Crippen molar-refractivity contribution < 1.29 is 9.84 Å². The maximum Gasteiger partial charge on any atom is 0.130 e. The minimum absolute atomic E-state index is 0.0719. The zero-order chi connectivity index (χ0) is 11.0. The number of methoxy groups -OCH3 is 1. The van der Waals surface area contributed by atoms with Crippen LogP contribution in [0.25, 0.3) is 0 Å². The van der Waals surface area contributed by atoms with Gasteiger partial charge in [-0.1, -0.05) is 0 Å². The predicted molar refractivity (Wildman–Crippen MR) is 63.3 cm³/mol. The number of phenolic OH excluding ortho intramolecular Hbond substituents is 1. The molecule has 0 saturated heterocycles. The summed E-state index contributed by atoms with van der Waals surface area (Å²) in [5, 5.41) is 9.57. The number of halogens is 1. The van der Waals surface area contributed by atoms with E-state index in [1.54, 1.807) is 7.11 Å². The van der Waals surface area contributed by atoms with Gasteiger partial charge in [-0.3, -0.25) is 0 Å². The van der Waals surface area contributed by atoms with Crippen LogP contribution < -0.4 is 4.90 Å². The summed E-state index contributed by atoms with van der Waals surface area (Å²) in [7, 11) is 1.71. The Labute approximate surface area is 97.8 Å². The van der Waals surface area contributed by atoms with Gasteiger partial charge in [0.1, 0.15) is 12.0 Å². The molecule has 15 heavy (non-hydrogen) atoms. The Balaban J connectivity index is 2.38. The van der Waals surface area contributed by atoms with E-state index in [0.717, 1.165) is 23.1 Å². The molecule has 0 fully saturated rings. The van der Waals surface area contributed by atoms with Crippen LogP contribution in [0.4, 0.5) is 5.69 Å². The number of nitrogens with zero attached hydrogens (tertiary/aromatic N) is 1. The van der Waals surface area contributed by atoms with E-state index in [0.29, 0.717) is 5.75 Å². The average molecular weight is 272 g/mol. The highest BCUT2D eigenvalue weighted by Gasteiger charge is 2.24. The van der Waals surface area contributed by atoms with Crippen LogP contribution in [0.5, 0.6) is 5.75 Å². The van der Waals surface area contributed by atoms with Gasteiger partial charge in [0.25, 0.3) is 0 Å². The Kier molecular flexibility index (Phi) is 2.89. The topological polar surface area (TPSA) is 32.7 Å². The SMILES string of the molecule is COC(C)N1CCc2cc(O)c(Br)cc21. The number of hydrogen-bond acceptors (Lipinski definition) is 3. The molecule has 82 valence electrons. The van der Waals surface area contributed by atoms with E-state index in [1.807, 2.05) is 19.1 Å². The lowest BCUT2D eigenvalue weighted by Crippen LogP contribution is -2.32. The number of fused-ring (bicyclic) bond motifs is 1. The van der Waals surface area contributed by atoms with Crippen molar-refractivity contribution in [3.63, 3.8) is 0 Å². The average Bonchev–Trinajstić information content (AvgIpc) is 2.61. The summed E-state index contributed by atoms with van der Waals surface area (Å²) in [6, 6.07) is 3.77. The van der Waals surface area contributed by atoms with Crippen molar-refractivity contribution in [1.29, 1.82) is 0 Å². The highest BCUT2D eigenvalue weighted by Crippen LogP contribution is 2.37. The van der Waals surface area contributed by atoms with Gasteiger partial charge < -0.3 is 14.7 Å². The molecule has 1 aromatic carbocycles. The predicted octanol–water partition coefficient (Wildman–Crippen LogP) is 2.51. The minimum Gasteiger partial charge on any atom is -0.507 e. The summed E-state index contributed by atoms with van der Waals surface area (Å²) in [5.41, 5.74) is 2.33. The Morgan fingerprint density at radius 3 is 2.93 bits per heavy atom. The van der Waals surface area contributed by atoms with Gasteiger partial charge >= 0.3 is 0 Å². The van der Waals surface area contributed by atoms with Crippen molar-refractivity contribution in [2.75, 3.05) is 18.6 Å². The zero-order valence-electron chi connectivity index (χ0n) is 8.83. The fourth-order valence-electron chi connectivity index (χ4n) is 1.93. The van der Waals surface area contributed by atoms with Gasteiger partial charge in [-0.05, 0) is 47.0 Å². The van der Waals surface area contributed by atoms with Crippen molar-refractivity contribution in [3.8, 4) is 5.75 Å². The number of ether oxygens (including phenoxy) is 1. The summed E-state index contributed by atoms with van der Waals surface area (Å²) in [4.78, 5) is 2.19. The number of rotatable bonds is 2. The second-order valence-electron chi connectivity index (χ2n) is 3.71. The molecule has 4 heteroatoms. The largest absolute Gasteiger partial charge is 0.507 e. The Hall–Kier alpha value is -0.740. The molecule has 1 unspecified atom stereocenters. The normalized spacial score (nSPS) is 16.6. The minimum atomic E-state index is 0.0719. The first-order valence-electron chi connectivity index (χ1n) is 4.94. The van der Waals surface area contributed by atoms with Crippen LogP contribution in [-0.4, -0.2) is 25.0 Å². The van der Waals surface area contributed by atoms with Crippen LogP contribution in [0.3, 0.4) is 0 Å². The van der Waals surface area contributed by atoms with Crippen molar-refractivity contribution in [3.05, 3.63) is 22.2 Å². The molecule has 1 heterocycles. The van der Waals surface area contributed by atoms with Crippen LogP contribution in [-0.2, 0) is 11.2 Å². The molecule has 2 rings (SSSR count). The van der Waals surface area contributed by atoms with E-state index in [4.69, 9.17) is 4.74 Å². The third-order valence-electron chi connectivity index (χ3n) is 2.86. The molecule has 0 saturated carbocycles. The molecule has 0 amide bonds. The van der Waals surface area contributed by atoms with Gasteiger partial charge in [0.15, 0.2) is 0 Å². The van der Waals surface area contributed by atoms with Crippen molar-refractivity contribution in [2.24, 2.45) is 0 Å². The van der Waals surface area contributed by atoms with Gasteiger partial charge in [0, 0.05) is 19.3 Å². The molecule has 1 aromatic rings. The number of benzene rings is 1. The van der Waals surface area contributed by atoms with E-state index in [1.165, 1.54) is 5.56 Å². The molecule has 1 N–H and O–H groups in total. The highest BCUT2D eigenvalue weighted by molar-refractivity contribution is 9.10. The van der Waals surface area contributed by atoms with Gasteiger partial charge in [0.05, 0.1) is 4.47 Å². The van der Waals surface area contributed by atoms with Crippen molar-refractivity contribution in [2.45, 2.75) is 19.6 Å². The van der Waals surface area contributed by atoms with Crippen LogP contribution in [0, 0.1) is 0 Å². The molecule has 0 spiro atoms. The number of aromatic hydroxyl groups is 1. The molecular weight excluding hydrogens is 258 g/mol. The first-order chi connectivity index (χ1) is 7.13. The lowest BCUT2D eigenvalue weighted by molar-refractivity contribution is 0.116. The van der Waals surface area contributed by atoms with E-state index in [-0.39, 0.29) is 6.23 Å². The maximum atomic E-state index is 9.57. The van der Waals surface area contributed by atoms with Gasteiger partial charge in [-0.15, -0.1) is 0 Å². The van der Waals surface area contributed by atoms with Gasteiger partial charge in [-0.25, -0.2) is 0 Å². The summed E-state index contributed by atoms with van der Waals surface area (Å²) in [6.45, 7) is 2.97. The Morgan fingerprint density at radius 2 is 2.27 bits per heavy atom. The molecule has 1 atom stereocenters. The smallest absolute Gasteiger partial charge is 0.130 e. The van der Waals surface area contributed by atoms with E-state index < -0.39 is 0 Å². The Morgan fingerprint density at radius 1 is 1.53 bits per heavy atom. The summed E-state index contributed by atoms with van der Waals surface area (Å²) < 4.78 is 6.04. The monoisotopic (exact) mass is 271 g/mol. The maximum absolute atomic E-state index is 9.57. The lowest BCUT2D eigenvalue weighted by atomic mass is 10.1. The fraction of sp³-hybridized carbons (Fsp3) is 0.455. The molecule has 0 aromatic heterocycles. The second kappa shape index (κ2) is 4.02. The van der Waals surface area contributed by atoms with E-state index in [9.17, 15) is 5.11 Å². The molecule has 0 aliphatic carbocycles. The number of hydrogen-bond donors (Lipinski definition) is 1. The van der Waals surface area contributed by atoms with Gasteiger partial charge in [0.2, 0.25) is 0 Å². The third kappa shape index (κ3) is 1.84. The molecule has 0 bridgehead atoms. The van der Waals surface area contributed by atoms with E-state index >= 15 is 0 Å². The summed E-state index contributed by atoms with van der Waals surface area (Å²) >= 11 is 3.33. The Bertz CT molecular complexity index is 381. The van der Waals surface area contributed by atoms with Gasteiger partial charge in [-0.2, -0.15) is 0 Å². The molecule has 0 radical (unpaired) electrons. The molecular formula is C11H14BrNO2. The number of phenols is 1. The summed E-state index contributed by atoms with van der Waals surface area (Å²) in [5.74, 6) is 0.306. The van der Waals surface area contributed by atoms with E-state index in [2.05, 4.69) is 20.8 Å². The van der Waals surface area contributed by atoms with Crippen LogP contribution >= 0.6 is 15.9 Å². The fourth-order valence-corrected chi connectivity index (χ4v) is 2.26. The quantitative estimate of drug-likeness (QED) is 0.897. The number of anilines is 1. The first kappa shape index (κ1) is 10.8. The van der Waals surface area contributed by atoms with Crippen LogP contribution in [0.2, 0.25) is 0 Å². The highest BCUT2D eigenvalue weighted by atomic mass is 79.9. The molecule has 3 nitrogen and oxygen atoms in total. The van der Waals surface area contributed by atoms with Crippen LogP contribution in [0.1, 0.15) is 12.5 Å². The van der Waals surface area contributed by atoms with Crippen molar-refractivity contribution >= 4 is 21.6 Å². The standard InChI is InChI=1S/C11H14BrNO2/c1-7(15-2)13-4-3-8-5-11(14)9(12)6-10(8)13/h5-7,14H,3-4H2,1-2H3.